The van der Waals surface area contributed by atoms with Crippen molar-refractivity contribution in [1.29, 1.82) is 0 Å². The summed E-state index contributed by atoms with van der Waals surface area (Å²) in [6.45, 7) is 2.84. The highest BCUT2D eigenvalue weighted by Gasteiger charge is 2.27. The van der Waals surface area contributed by atoms with E-state index in [0.717, 1.165) is 56.8 Å². The SMILES string of the molecule is COc1cccc(CN2CCC[C@H](c3cc(C(=O)NC4Cc5ccccc5C4)on3)C2)c1. The van der Waals surface area contributed by atoms with Gasteiger partial charge in [0.25, 0.3) is 5.91 Å². The minimum atomic E-state index is -0.175. The molecule has 1 aliphatic heterocycles. The van der Waals surface area contributed by atoms with Crippen LogP contribution in [-0.2, 0) is 19.4 Å². The summed E-state index contributed by atoms with van der Waals surface area (Å²) < 4.78 is 10.8. The molecule has 0 radical (unpaired) electrons. The third-order valence-electron chi connectivity index (χ3n) is 6.60. The van der Waals surface area contributed by atoms with Gasteiger partial charge in [-0.25, -0.2) is 0 Å². The van der Waals surface area contributed by atoms with Gasteiger partial charge in [0.1, 0.15) is 5.75 Å². The molecular weight excluding hydrogens is 402 g/mol. The predicted molar refractivity (Wildman–Crippen MR) is 122 cm³/mol. The molecule has 1 aromatic heterocycles. The zero-order chi connectivity index (χ0) is 21.9. The number of rotatable bonds is 6. The quantitative estimate of drug-likeness (QED) is 0.640. The van der Waals surface area contributed by atoms with Gasteiger partial charge < -0.3 is 14.6 Å². The minimum Gasteiger partial charge on any atom is -0.497 e. The Bertz CT molecular complexity index is 1070. The van der Waals surface area contributed by atoms with E-state index in [1.54, 1.807) is 7.11 Å². The van der Waals surface area contributed by atoms with E-state index in [1.165, 1.54) is 16.7 Å². The lowest BCUT2D eigenvalue weighted by atomic mass is 9.94. The number of methoxy groups -OCH3 is 1. The van der Waals surface area contributed by atoms with Gasteiger partial charge in [0.2, 0.25) is 5.76 Å². The van der Waals surface area contributed by atoms with E-state index in [9.17, 15) is 4.79 Å². The molecule has 1 amide bonds. The van der Waals surface area contributed by atoms with E-state index >= 15 is 0 Å². The van der Waals surface area contributed by atoms with Crippen molar-refractivity contribution in [3.05, 3.63) is 82.7 Å². The summed E-state index contributed by atoms with van der Waals surface area (Å²) in [6, 6.07) is 18.5. The highest BCUT2D eigenvalue weighted by atomic mass is 16.5. The van der Waals surface area contributed by atoms with Crippen molar-refractivity contribution >= 4 is 5.91 Å². The standard InChI is InChI=1S/C26H29N3O3/c1-31-23-10-4-6-18(12-23)16-29-11-5-9-21(17-29)24-15-25(32-28-24)26(30)27-22-13-19-7-2-3-8-20(19)14-22/h2-4,6-8,10,12,15,21-22H,5,9,11,13-14,16-17H2,1H3,(H,27,30)/t21-/m0/s1. The van der Waals surface area contributed by atoms with Crippen LogP contribution in [0.5, 0.6) is 5.75 Å². The largest absolute Gasteiger partial charge is 0.497 e. The highest BCUT2D eigenvalue weighted by Crippen LogP contribution is 2.28. The second-order valence-corrected chi connectivity index (χ2v) is 8.89. The molecule has 1 fully saturated rings. The van der Waals surface area contributed by atoms with Crippen molar-refractivity contribution < 1.29 is 14.1 Å². The summed E-state index contributed by atoms with van der Waals surface area (Å²) in [5, 5.41) is 7.38. The number of likely N-dealkylation sites (tertiary alicyclic amines) is 1. The third-order valence-corrected chi connectivity index (χ3v) is 6.60. The first-order valence-electron chi connectivity index (χ1n) is 11.4. The van der Waals surface area contributed by atoms with Crippen molar-refractivity contribution in [2.24, 2.45) is 0 Å². The van der Waals surface area contributed by atoms with Crippen molar-refractivity contribution in [2.75, 3.05) is 20.2 Å². The average Bonchev–Trinajstić information content (AvgIpc) is 3.46. The molecule has 1 N–H and O–H groups in total. The van der Waals surface area contributed by atoms with Crippen LogP contribution >= 0.6 is 0 Å². The van der Waals surface area contributed by atoms with Crippen molar-refractivity contribution in [3.63, 3.8) is 0 Å². The number of nitrogens with one attached hydrogen (secondary N) is 1. The number of fused-ring (bicyclic) bond motifs is 1. The van der Waals surface area contributed by atoms with Crippen LogP contribution in [0.1, 0.15) is 51.7 Å². The van der Waals surface area contributed by atoms with Crippen LogP contribution in [0, 0.1) is 0 Å². The highest BCUT2D eigenvalue weighted by molar-refractivity contribution is 5.91. The molecule has 0 saturated carbocycles. The molecule has 6 nitrogen and oxygen atoms in total. The minimum absolute atomic E-state index is 0.112. The first-order valence-corrected chi connectivity index (χ1v) is 11.4. The third kappa shape index (κ3) is 4.55. The van der Waals surface area contributed by atoms with Gasteiger partial charge >= 0.3 is 0 Å². The summed E-state index contributed by atoms with van der Waals surface area (Å²) >= 11 is 0. The molecule has 3 aromatic rings. The van der Waals surface area contributed by atoms with Gasteiger partial charge in [0.05, 0.1) is 12.8 Å². The van der Waals surface area contributed by atoms with E-state index in [2.05, 4.69) is 39.6 Å². The molecule has 32 heavy (non-hydrogen) atoms. The average molecular weight is 432 g/mol. The predicted octanol–water partition coefficient (Wildman–Crippen LogP) is 3.96. The lowest BCUT2D eigenvalue weighted by Gasteiger charge is -2.31. The number of piperidine rings is 1. The molecule has 2 aliphatic rings. The van der Waals surface area contributed by atoms with E-state index in [-0.39, 0.29) is 17.9 Å². The van der Waals surface area contributed by atoms with Crippen LogP contribution in [-0.4, -0.2) is 42.2 Å². The molecule has 166 valence electrons. The van der Waals surface area contributed by atoms with Crippen LogP contribution < -0.4 is 10.1 Å². The molecule has 6 heteroatoms. The fraction of sp³-hybridized carbons (Fsp3) is 0.385. The zero-order valence-electron chi connectivity index (χ0n) is 18.4. The Hall–Kier alpha value is -3.12. The Kier molecular flexibility index (Phi) is 5.95. The lowest BCUT2D eigenvalue weighted by Crippen LogP contribution is -2.35. The number of carbonyl (C=O) groups is 1. The molecular formula is C26H29N3O3. The second kappa shape index (κ2) is 9.17. The van der Waals surface area contributed by atoms with Crippen molar-refractivity contribution in [2.45, 2.75) is 44.2 Å². The Balaban J connectivity index is 1.19. The maximum atomic E-state index is 12.7. The number of amides is 1. The number of hydrogen-bond donors (Lipinski definition) is 1. The lowest BCUT2D eigenvalue weighted by molar-refractivity contribution is 0.0901. The van der Waals surface area contributed by atoms with Gasteiger partial charge in [-0.05, 0) is 61.1 Å². The summed E-state index contributed by atoms with van der Waals surface area (Å²) in [6.07, 6.45) is 3.89. The summed E-state index contributed by atoms with van der Waals surface area (Å²) in [5.74, 6) is 1.29. The fourth-order valence-corrected chi connectivity index (χ4v) is 4.98. The molecule has 2 heterocycles. The maximum Gasteiger partial charge on any atom is 0.290 e. The van der Waals surface area contributed by atoms with Crippen LogP contribution in [0.4, 0.5) is 0 Å². The van der Waals surface area contributed by atoms with Gasteiger partial charge in [-0.2, -0.15) is 0 Å². The van der Waals surface area contributed by atoms with Gasteiger partial charge in [-0.1, -0.05) is 41.6 Å². The zero-order valence-corrected chi connectivity index (χ0v) is 18.4. The number of hydrogen-bond acceptors (Lipinski definition) is 5. The Morgan fingerprint density at radius 1 is 1.16 bits per heavy atom. The second-order valence-electron chi connectivity index (χ2n) is 8.89. The smallest absolute Gasteiger partial charge is 0.290 e. The van der Waals surface area contributed by atoms with E-state index in [4.69, 9.17) is 9.26 Å². The molecule has 0 unspecified atom stereocenters. The Morgan fingerprint density at radius 3 is 2.75 bits per heavy atom. The van der Waals surface area contributed by atoms with Gasteiger partial charge in [0, 0.05) is 31.1 Å². The molecule has 0 spiro atoms. The van der Waals surface area contributed by atoms with Crippen LogP contribution in [0.3, 0.4) is 0 Å². The number of nitrogens with zero attached hydrogens (tertiary/aromatic N) is 2. The van der Waals surface area contributed by atoms with Gasteiger partial charge in [0.15, 0.2) is 0 Å². The molecule has 1 saturated heterocycles. The fourth-order valence-electron chi connectivity index (χ4n) is 4.98. The number of aromatic nitrogens is 1. The summed E-state index contributed by atoms with van der Waals surface area (Å²) in [5.41, 5.74) is 4.74. The first-order chi connectivity index (χ1) is 15.7. The van der Waals surface area contributed by atoms with Crippen molar-refractivity contribution in [1.82, 2.24) is 15.4 Å². The molecule has 1 atom stereocenters. The van der Waals surface area contributed by atoms with Crippen LogP contribution in [0.25, 0.3) is 0 Å². The van der Waals surface area contributed by atoms with E-state index in [0.29, 0.717) is 5.76 Å². The van der Waals surface area contributed by atoms with Crippen molar-refractivity contribution in [3.8, 4) is 5.75 Å². The van der Waals surface area contributed by atoms with Crippen LogP contribution in [0.15, 0.2) is 59.1 Å². The summed E-state index contributed by atoms with van der Waals surface area (Å²) in [4.78, 5) is 15.2. The number of benzene rings is 2. The molecule has 5 rings (SSSR count). The maximum absolute atomic E-state index is 12.7. The molecule has 2 aromatic carbocycles. The topological polar surface area (TPSA) is 67.6 Å². The molecule has 0 bridgehead atoms. The molecule has 1 aliphatic carbocycles. The van der Waals surface area contributed by atoms with Crippen LogP contribution in [0.2, 0.25) is 0 Å². The van der Waals surface area contributed by atoms with Gasteiger partial charge in [-0.3, -0.25) is 9.69 Å². The van der Waals surface area contributed by atoms with Gasteiger partial charge in [-0.15, -0.1) is 0 Å². The van der Waals surface area contributed by atoms with E-state index in [1.807, 2.05) is 30.3 Å². The Labute approximate surface area is 188 Å². The van der Waals surface area contributed by atoms with E-state index < -0.39 is 0 Å². The number of ether oxygens (including phenoxy) is 1. The Morgan fingerprint density at radius 2 is 1.97 bits per heavy atom. The normalized spacial score (nSPS) is 19.0. The first kappa shape index (κ1) is 20.8. The number of carbonyl (C=O) groups excluding carboxylic acids is 1. The monoisotopic (exact) mass is 431 g/mol. The summed E-state index contributed by atoms with van der Waals surface area (Å²) in [7, 11) is 1.69.